The molecular weight excluding hydrogens is 452 g/mol. The quantitative estimate of drug-likeness (QED) is 0.258. The molecule has 0 unspecified atom stereocenters. The Balaban J connectivity index is 0.000000313. The largest absolute Gasteiger partial charge is 1.00 e. The summed E-state index contributed by atoms with van der Waals surface area (Å²) in [5.74, 6) is -0.0701. The zero-order chi connectivity index (χ0) is 22.4. The van der Waals surface area contributed by atoms with Crippen molar-refractivity contribution in [1.82, 2.24) is 14.9 Å². The molecule has 2 amide bonds. The van der Waals surface area contributed by atoms with Gasteiger partial charge >= 0.3 is 18.9 Å². The molecule has 0 aliphatic carbocycles. The number of nitrogens with zero attached hydrogens (tertiary/aromatic N) is 4. The standard InChI is InChI=1S/C16H11Cl2N2O2.C4HN3O2.Li/c17-11-3-1-4-12(18)15(11)22-10-5-6-13-14(9-10)20-7-2-8-21-16(20)19-13;5-1-3(6)4(9)7-2-8;/h3-6,9H,2,7-8H2;(H,7,8,9);/q-1;-2;+1. The second-order valence-electron chi connectivity index (χ2n) is 6.00. The number of ether oxygens (including phenoxy) is 2. The molecule has 0 saturated carbocycles. The molecule has 9 nitrogen and oxygen atoms in total. The number of nitrogens with one attached hydrogen (secondary N) is 1. The molecule has 0 spiro atoms. The fourth-order valence-corrected chi connectivity index (χ4v) is 3.12. The molecule has 0 radical (unpaired) electrons. The third-order valence-corrected chi connectivity index (χ3v) is 4.56. The van der Waals surface area contributed by atoms with Gasteiger partial charge in [-0.05, 0) is 28.6 Å². The van der Waals surface area contributed by atoms with Gasteiger partial charge in [0.1, 0.15) is 5.75 Å². The number of carbonyl (C=O) groups excluding carboxylic acids is 2. The summed E-state index contributed by atoms with van der Waals surface area (Å²) in [6.45, 7) is 1.59. The number of amides is 2. The number of imidazole rings is 1. The van der Waals surface area contributed by atoms with E-state index in [0.29, 0.717) is 34.2 Å². The molecule has 1 aliphatic rings. The van der Waals surface area contributed by atoms with Gasteiger partial charge in [-0.3, -0.25) is 4.57 Å². The Bertz CT molecular complexity index is 1190. The number of hydrogen-bond acceptors (Lipinski definition) is 6. The van der Waals surface area contributed by atoms with Gasteiger partial charge in [-0.1, -0.05) is 0 Å². The Hall–Kier alpha value is -3.01. The van der Waals surface area contributed by atoms with E-state index in [2.05, 4.69) is 11.1 Å². The summed E-state index contributed by atoms with van der Waals surface area (Å²) >= 11 is 12.2. The predicted molar refractivity (Wildman–Crippen MR) is 113 cm³/mol. The maximum Gasteiger partial charge on any atom is 1.00 e. The molecule has 1 N–H and O–H groups in total. The number of fused-ring (bicyclic) bond motifs is 3. The Morgan fingerprint density at radius 1 is 1.38 bits per heavy atom. The number of halogens is 2. The van der Waals surface area contributed by atoms with Crippen molar-refractivity contribution in [3.63, 3.8) is 0 Å². The number of hydrogen-bond donors (Lipinski definition) is 1. The molecule has 1 aromatic heterocycles. The number of benzene rings is 2. The zero-order valence-electron chi connectivity index (χ0n) is 16.7. The fourth-order valence-electron chi connectivity index (χ4n) is 2.66. The minimum Gasteiger partial charge on any atom is -0.807 e. The number of aryl methyl sites for hydroxylation is 1. The van der Waals surface area contributed by atoms with Crippen molar-refractivity contribution in [1.29, 1.82) is 5.26 Å². The average Bonchev–Trinajstić information content (AvgIpc) is 3.14. The molecule has 2 aromatic carbocycles. The monoisotopic (exact) mass is 463 g/mol. The van der Waals surface area contributed by atoms with Crippen LogP contribution in [0.25, 0.3) is 16.4 Å². The van der Waals surface area contributed by atoms with Crippen LogP contribution in [0.2, 0.25) is 10.0 Å². The molecule has 158 valence electrons. The number of nitriles is 1. The van der Waals surface area contributed by atoms with Crippen LogP contribution in [0.5, 0.6) is 17.5 Å². The van der Waals surface area contributed by atoms with E-state index in [1.807, 2.05) is 22.8 Å². The van der Waals surface area contributed by atoms with E-state index in [9.17, 15) is 9.59 Å². The van der Waals surface area contributed by atoms with Gasteiger partial charge in [0.05, 0.1) is 41.8 Å². The van der Waals surface area contributed by atoms with Crippen molar-refractivity contribution in [3.05, 3.63) is 51.9 Å². The zero-order valence-corrected chi connectivity index (χ0v) is 18.2. The molecule has 0 fully saturated rings. The molecule has 1 aliphatic heterocycles. The first kappa shape index (κ1) is 25.2. The van der Waals surface area contributed by atoms with Crippen LogP contribution in [-0.4, -0.2) is 34.2 Å². The first-order chi connectivity index (χ1) is 14.9. The molecule has 0 saturated heterocycles. The summed E-state index contributed by atoms with van der Waals surface area (Å²) in [6.07, 6.45) is 1.97. The van der Waals surface area contributed by atoms with Crippen LogP contribution in [0.15, 0.2) is 30.3 Å². The van der Waals surface area contributed by atoms with E-state index in [1.165, 1.54) is 5.32 Å². The van der Waals surface area contributed by atoms with Gasteiger partial charge in [-0.25, -0.2) is 0 Å². The molecule has 4 rings (SSSR count). The van der Waals surface area contributed by atoms with Gasteiger partial charge < -0.3 is 29.8 Å². The van der Waals surface area contributed by atoms with E-state index in [1.54, 1.807) is 12.1 Å². The van der Waals surface area contributed by atoms with Crippen molar-refractivity contribution in [2.45, 2.75) is 13.0 Å². The van der Waals surface area contributed by atoms with Crippen molar-refractivity contribution in [2.24, 2.45) is 0 Å². The third-order valence-electron chi connectivity index (χ3n) is 4.00. The van der Waals surface area contributed by atoms with E-state index in [-0.39, 0.29) is 18.9 Å². The molecule has 32 heavy (non-hydrogen) atoms. The van der Waals surface area contributed by atoms with Gasteiger partial charge in [0.15, 0.2) is 0 Å². The molecule has 12 heteroatoms. The summed E-state index contributed by atoms with van der Waals surface area (Å²) in [5, 5.41) is 18.3. The summed E-state index contributed by atoms with van der Waals surface area (Å²) in [6, 6.07) is 13.5. The summed E-state index contributed by atoms with van der Waals surface area (Å²) in [7, 11) is 0. The molecule has 0 atom stereocenters. The Morgan fingerprint density at radius 3 is 2.75 bits per heavy atom. The van der Waals surface area contributed by atoms with Gasteiger partial charge in [0, 0.05) is 12.6 Å². The Labute approximate surface area is 204 Å². The SMILES string of the molecule is Clc1c[c-]cc(Cl)c1Oc1ccc2nc3n(c2c1)CCCO3.N#CC(=[N-])C(=O)N[C-]=O.[Li+]. The maximum atomic E-state index is 10.1. The van der Waals surface area contributed by atoms with Crippen LogP contribution in [0.1, 0.15) is 6.42 Å². The van der Waals surface area contributed by atoms with Crippen molar-refractivity contribution >= 4 is 52.3 Å². The first-order valence-electron chi connectivity index (χ1n) is 8.74. The van der Waals surface area contributed by atoms with Crippen LogP contribution in [0, 0.1) is 17.4 Å². The van der Waals surface area contributed by atoms with Gasteiger partial charge in [-0.15, -0.1) is 5.71 Å². The second-order valence-corrected chi connectivity index (χ2v) is 6.81. The molecular formula is C20H12Cl2LiN5O4-2. The molecule has 0 bridgehead atoms. The molecule has 3 aromatic rings. The van der Waals surface area contributed by atoms with Crippen LogP contribution in [-0.2, 0) is 16.1 Å². The van der Waals surface area contributed by atoms with Gasteiger partial charge in [0.25, 0.3) is 6.01 Å². The van der Waals surface area contributed by atoms with Crippen LogP contribution < -0.4 is 33.7 Å². The van der Waals surface area contributed by atoms with Crippen LogP contribution in [0.3, 0.4) is 0 Å². The summed E-state index contributed by atoms with van der Waals surface area (Å²) in [4.78, 5) is 23.9. The smallest absolute Gasteiger partial charge is 0.807 e. The number of rotatable bonds is 4. The van der Waals surface area contributed by atoms with Crippen LogP contribution in [0.4, 0.5) is 0 Å². The van der Waals surface area contributed by atoms with E-state index >= 15 is 0 Å². The fraction of sp³-hybridized carbons (Fsp3) is 0.150. The maximum absolute atomic E-state index is 10.1. The normalized spacial score (nSPS) is 11.4. The minimum atomic E-state index is -1.15. The predicted octanol–water partition coefficient (Wildman–Crippen LogP) is 0.426. The van der Waals surface area contributed by atoms with Gasteiger partial charge in [-0.2, -0.15) is 51.6 Å². The molecule has 2 heterocycles. The minimum absolute atomic E-state index is 0. The van der Waals surface area contributed by atoms with Crippen LogP contribution >= 0.6 is 23.2 Å². The van der Waals surface area contributed by atoms with Crippen molar-refractivity contribution in [3.8, 4) is 23.6 Å². The number of aromatic nitrogens is 2. The van der Waals surface area contributed by atoms with Crippen molar-refractivity contribution < 1.29 is 37.9 Å². The Kier molecular flexibility index (Phi) is 9.12. The van der Waals surface area contributed by atoms with E-state index in [4.69, 9.17) is 43.3 Å². The second kappa shape index (κ2) is 11.6. The van der Waals surface area contributed by atoms with E-state index < -0.39 is 11.6 Å². The Morgan fingerprint density at radius 2 is 2.09 bits per heavy atom. The topological polar surface area (TPSA) is 129 Å². The summed E-state index contributed by atoms with van der Waals surface area (Å²) in [5.41, 5.74) is 0.795. The summed E-state index contributed by atoms with van der Waals surface area (Å²) < 4.78 is 13.5. The average molecular weight is 464 g/mol. The first-order valence-corrected chi connectivity index (χ1v) is 9.49. The van der Waals surface area contributed by atoms with Crippen molar-refractivity contribution in [2.75, 3.05) is 6.61 Å². The number of imide groups is 1. The van der Waals surface area contributed by atoms with Gasteiger partial charge in [0.2, 0.25) is 0 Å². The number of carbonyl (C=O) groups is 1. The van der Waals surface area contributed by atoms with E-state index in [0.717, 1.165) is 36.5 Å². The third kappa shape index (κ3) is 5.81.